The highest BCUT2D eigenvalue weighted by Gasteiger charge is 2.31. The summed E-state index contributed by atoms with van der Waals surface area (Å²) in [5.74, 6) is -0.599. The molecule has 1 amide bonds. The number of nitrogens with one attached hydrogen (secondary N) is 1. The Morgan fingerprint density at radius 1 is 1.04 bits per heavy atom. The molecule has 4 nitrogen and oxygen atoms in total. The molecule has 0 saturated carbocycles. The molecule has 0 saturated heterocycles. The van der Waals surface area contributed by atoms with Gasteiger partial charge in [-0.25, -0.2) is 8.42 Å². The van der Waals surface area contributed by atoms with Crippen LogP contribution in [0.2, 0.25) is 0 Å². The minimum atomic E-state index is -4.60. The first-order chi connectivity index (χ1) is 11.6. The molecule has 0 heterocycles. The molecule has 0 aromatic heterocycles. The van der Waals surface area contributed by atoms with Crippen LogP contribution in [0.3, 0.4) is 0 Å². The fourth-order valence-corrected chi connectivity index (χ4v) is 3.59. The van der Waals surface area contributed by atoms with E-state index >= 15 is 0 Å². The fraction of sp³-hybridized carbons (Fsp3) is 0.235. The van der Waals surface area contributed by atoms with E-state index in [0.29, 0.717) is 17.2 Å². The Hall–Kier alpha value is -2.35. The molecule has 0 aliphatic carbocycles. The van der Waals surface area contributed by atoms with E-state index in [9.17, 15) is 26.4 Å². The second-order valence-corrected chi connectivity index (χ2v) is 7.44. The summed E-state index contributed by atoms with van der Waals surface area (Å²) < 4.78 is 62.9. The van der Waals surface area contributed by atoms with Gasteiger partial charge in [-0.15, -0.1) is 0 Å². The van der Waals surface area contributed by atoms with Crippen LogP contribution >= 0.6 is 0 Å². The van der Waals surface area contributed by atoms with Crippen LogP contribution in [0, 0.1) is 0 Å². The highest BCUT2D eigenvalue weighted by molar-refractivity contribution is 7.90. The molecule has 8 heteroatoms. The lowest BCUT2D eigenvalue weighted by atomic mass is 10.1. The molecule has 0 unspecified atom stereocenters. The van der Waals surface area contributed by atoms with Crippen molar-refractivity contribution < 1.29 is 26.4 Å². The zero-order valence-electron chi connectivity index (χ0n) is 13.3. The van der Waals surface area contributed by atoms with Gasteiger partial charge in [-0.05, 0) is 29.3 Å². The first-order valence-electron chi connectivity index (χ1n) is 7.30. The third kappa shape index (κ3) is 5.06. The van der Waals surface area contributed by atoms with Gasteiger partial charge in [0.25, 0.3) is 0 Å². The molecule has 25 heavy (non-hydrogen) atoms. The molecule has 2 aromatic rings. The lowest BCUT2D eigenvalue weighted by Gasteiger charge is -2.10. The Labute approximate surface area is 143 Å². The van der Waals surface area contributed by atoms with Gasteiger partial charge < -0.3 is 5.32 Å². The van der Waals surface area contributed by atoms with Crippen LogP contribution in [0.4, 0.5) is 13.2 Å². The van der Waals surface area contributed by atoms with E-state index < -0.39 is 27.3 Å². The summed E-state index contributed by atoms with van der Waals surface area (Å²) in [6, 6.07) is 10.00. The minimum Gasteiger partial charge on any atom is -0.359 e. The molecule has 0 atom stereocenters. The maximum absolute atomic E-state index is 12.7. The van der Waals surface area contributed by atoms with Crippen molar-refractivity contribution in [3.63, 3.8) is 0 Å². The van der Waals surface area contributed by atoms with E-state index in [-0.39, 0.29) is 17.2 Å². The summed E-state index contributed by atoms with van der Waals surface area (Å²) in [5.41, 5.74) is 0.132. The number of alkyl halides is 3. The molecule has 2 rings (SSSR count). The number of amides is 1. The van der Waals surface area contributed by atoms with Crippen LogP contribution in [-0.4, -0.2) is 21.4 Å². The van der Waals surface area contributed by atoms with E-state index in [2.05, 4.69) is 5.32 Å². The van der Waals surface area contributed by atoms with Crippen molar-refractivity contribution in [1.82, 2.24) is 5.32 Å². The van der Waals surface area contributed by atoms with Gasteiger partial charge in [-0.1, -0.05) is 30.3 Å². The summed E-state index contributed by atoms with van der Waals surface area (Å²) in [6.07, 6.45) is -4.44. The Morgan fingerprint density at radius 3 is 2.20 bits per heavy atom. The van der Waals surface area contributed by atoms with Crippen molar-refractivity contribution in [3.05, 3.63) is 65.2 Å². The monoisotopic (exact) mass is 371 g/mol. The number of rotatable bonds is 5. The van der Waals surface area contributed by atoms with E-state index in [0.717, 1.165) is 18.2 Å². The van der Waals surface area contributed by atoms with Gasteiger partial charge in [0.05, 0.1) is 22.6 Å². The summed E-state index contributed by atoms with van der Waals surface area (Å²) >= 11 is 0. The molecule has 0 fully saturated rings. The predicted octanol–water partition coefficient (Wildman–Crippen LogP) is 2.97. The van der Waals surface area contributed by atoms with Crippen molar-refractivity contribution in [3.8, 4) is 0 Å². The number of likely N-dealkylation sites (N-methyl/N-ethyl adjacent to an activating group) is 1. The van der Waals surface area contributed by atoms with E-state index in [4.69, 9.17) is 0 Å². The molecule has 0 radical (unpaired) electrons. The Morgan fingerprint density at radius 2 is 1.64 bits per heavy atom. The summed E-state index contributed by atoms with van der Waals surface area (Å²) in [6.45, 7) is 0. The third-order valence-electron chi connectivity index (χ3n) is 3.54. The predicted molar refractivity (Wildman–Crippen MR) is 86.5 cm³/mol. The number of sulfone groups is 1. The highest BCUT2D eigenvalue weighted by Crippen LogP contribution is 2.31. The van der Waals surface area contributed by atoms with Crippen LogP contribution in [0.1, 0.15) is 16.7 Å². The quantitative estimate of drug-likeness (QED) is 0.879. The lowest BCUT2D eigenvalue weighted by molar-refractivity contribution is -0.137. The van der Waals surface area contributed by atoms with E-state index in [1.807, 2.05) is 0 Å². The summed E-state index contributed by atoms with van der Waals surface area (Å²) in [5, 5.41) is 2.48. The lowest BCUT2D eigenvalue weighted by Crippen LogP contribution is -2.19. The molecule has 1 N–H and O–H groups in total. The maximum Gasteiger partial charge on any atom is 0.416 e. The molecule has 0 aliphatic rings. The Balaban J connectivity index is 2.20. The van der Waals surface area contributed by atoms with Gasteiger partial charge in [-0.2, -0.15) is 13.2 Å². The Kier molecular flexibility index (Phi) is 5.52. The zero-order valence-corrected chi connectivity index (χ0v) is 14.1. The van der Waals surface area contributed by atoms with Crippen molar-refractivity contribution in [2.24, 2.45) is 0 Å². The number of carbonyl (C=O) groups excluding carboxylic acids is 1. The van der Waals surface area contributed by atoms with Crippen LogP contribution in [0.15, 0.2) is 53.4 Å². The van der Waals surface area contributed by atoms with Crippen LogP contribution in [-0.2, 0) is 33.0 Å². The van der Waals surface area contributed by atoms with E-state index in [1.54, 1.807) is 24.3 Å². The first-order valence-corrected chi connectivity index (χ1v) is 8.95. The van der Waals surface area contributed by atoms with Crippen molar-refractivity contribution >= 4 is 15.7 Å². The first kappa shape index (κ1) is 19.0. The summed E-state index contributed by atoms with van der Waals surface area (Å²) in [4.78, 5) is 10.9. The van der Waals surface area contributed by atoms with Gasteiger partial charge in [0.1, 0.15) is 0 Å². The number of halogens is 3. The third-order valence-corrected chi connectivity index (χ3v) is 5.23. The van der Waals surface area contributed by atoms with E-state index in [1.165, 1.54) is 7.05 Å². The second-order valence-electron chi connectivity index (χ2n) is 5.45. The second kappa shape index (κ2) is 7.26. The molecule has 134 valence electrons. The smallest absolute Gasteiger partial charge is 0.359 e. The van der Waals surface area contributed by atoms with Crippen LogP contribution < -0.4 is 5.32 Å². The SMILES string of the molecule is CNC(=O)Cc1ccc(CS(=O)(=O)c2cccc(C(F)(F)F)c2)cc1. The highest BCUT2D eigenvalue weighted by atomic mass is 32.2. The minimum absolute atomic E-state index is 0.164. The molecule has 0 bridgehead atoms. The average Bonchev–Trinajstić information content (AvgIpc) is 2.55. The fourth-order valence-electron chi connectivity index (χ4n) is 2.20. The van der Waals surface area contributed by atoms with Crippen LogP contribution in [0.5, 0.6) is 0 Å². The molecule has 0 aliphatic heterocycles. The maximum atomic E-state index is 12.7. The summed E-state index contributed by atoms with van der Waals surface area (Å²) in [7, 11) is -2.40. The van der Waals surface area contributed by atoms with Gasteiger partial charge in [-0.3, -0.25) is 4.79 Å². The largest absolute Gasteiger partial charge is 0.416 e. The number of benzene rings is 2. The Bertz CT molecular complexity index is 859. The van der Waals surface area contributed by atoms with Gasteiger partial charge in [0, 0.05) is 7.05 Å². The van der Waals surface area contributed by atoms with Gasteiger partial charge >= 0.3 is 6.18 Å². The normalized spacial score (nSPS) is 12.0. The average molecular weight is 371 g/mol. The topological polar surface area (TPSA) is 63.2 Å². The van der Waals surface area contributed by atoms with Crippen LogP contribution in [0.25, 0.3) is 0 Å². The zero-order chi connectivity index (χ0) is 18.7. The number of hydrogen-bond acceptors (Lipinski definition) is 3. The molecular formula is C17H16F3NO3S. The molecule has 0 spiro atoms. The van der Waals surface area contributed by atoms with Crippen molar-refractivity contribution in [2.45, 2.75) is 23.2 Å². The van der Waals surface area contributed by atoms with Gasteiger partial charge in [0.15, 0.2) is 9.84 Å². The number of hydrogen-bond donors (Lipinski definition) is 1. The molecular weight excluding hydrogens is 355 g/mol. The van der Waals surface area contributed by atoms with Gasteiger partial charge in [0.2, 0.25) is 5.91 Å². The molecule has 2 aromatic carbocycles. The van der Waals surface area contributed by atoms with Crippen molar-refractivity contribution in [2.75, 3.05) is 7.05 Å². The number of carbonyl (C=O) groups is 1. The standard InChI is InChI=1S/C17H16F3NO3S/c1-21-16(22)9-12-5-7-13(8-6-12)11-25(23,24)15-4-2-3-14(10-15)17(18,19)20/h2-8,10H,9,11H2,1H3,(H,21,22). The van der Waals surface area contributed by atoms with Crippen molar-refractivity contribution in [1.29, 1.82) is 0 Å².